The first-order valence-electron chi connectivity index (χ1n) is 8.34. The van der Waals surface area contributed by atoms with Crippen LogP contribution in [0.1, 0.15) is 53.4 Å². The minimum absolute atomic E-state index is 0.0777. The Labute approximate surface area is 145 Å². The van der Waals surface area contributed by atoms with Gasteiger partial charge < -0.3 is 14.3 Å². The highest BCUT2D eigenvalue weighted by molar-refractivity contribution is 6.74. The van der Waals surface area contributed by atoms with Gasteiger partial charge in [-0.2, -0.15) is 5.26 Å². The van der Waals surface area contributed by atoms with Gasteiger partial charge in [0.05, 0.1) is 6.07 Å². The maximum Gasteiger partial charge on any atom is 0.328 e. The monoisotopic (exact) mass is 351 g/mol. The summed E-state index contributed by atoms with van der Waals surface area (Å²) in [5.41, 5.74) is -1.47. The lowest BCUT2D eigenvalue weighted by Gasteiger charge is -2.53. The molecule has 1 aliphatic rings. The van der Waals surface area contributed by atoms with Gasteiger partial charge in [-0.3, -0.25) is 0 Å². The van der Waals surface area contributed by atoms with Crippen LogP contribution in [0.4, 0.5) is 0 Å². The average Bonchev–Trinajstić information content (AvgIpc) is 2.42. The molecule has 0 aromatic carbocycles. The molecule has 0 aromatic heterocycles. The maximum atomic E-state index is 11.3. The summed E-state index contributed by atoms with van der Waals surface area (Å²) in [4.78, 5) is 22.6. The molecule has 2 atom stereocenters. The van der Waals surface area contributed by atoms with E-state index in [2.05, 4.69) is 39.9 Å². The van der Waals surface area contributed by atoms with Gasteiger partial charge in [-0.25, -0.2) is 4.79 Å². The molecule has 24 heavy (non-hydrogen) atoms. The summed E-state index contributed by atoms with van der Waals surface area (Å²) in [6.45, 7) is 12.2. The van der Waals surface area contributed by atoms with Crippen molar-refractivity contribution in [1.29, 1.82) is 5.26 Å². The second-order valence-electron chi connectivity index (χ2n) is 8.37. The molecular formula is C18H29NO4Si. The number of hydrogen-bond acceptors (Lipinski definition) is 4. The van der Waals surface area contributed by atoms with Crippen LogP contribution in [-0.4, -0.2) is 31.3 Å². The lowest BCUT2D eigenvalue weighted by Crippen LogP contribution is -2.58. The third-order valence-corrected chi connectivity index (χ3v) is 10.3. The van der Waals surface area contributed by atoms with E-state index < -0.39 is 25.3 Å². The lowest BCUT2D eigenvalue weighted by atomic mass is 9.60. The second-order valence-corrected chi connectivity index (χ2v) is 13.1. The predicted molar refractivity (Wildman–Crippen MR) is 95.0 cm³/mol. The predicted octanol–water partition coefficient (Wildman–Crippen LogP) is 4.06. The summed E-state index contributed by atoms with van der Waals surface area (Å²) >= 11 is 0. The molecule has 134 valence electrons. The van der Waals surface area contributed by atoms with Crippen LogP contribution in [0.2, 0.25) is 18.1 Å². The van der Waals surface area contributed by atoms with E-state index in [-0.39, 0.29) is 11.5 Å². The number of carbonyl (C=O) groups is 2. The first-order valence-corrected chi connectivity index (χ1v) is 11.2. The van der Waals surface area contributed by atoms with E-state index in [4.69, 9.17) is 4.43 Å². The Morgan fingerprint density at radius 2 is 2.04 bits per heavy atom. The Balaban J connectivity index is 3.50. The first kappa shape index (κ1) is 20.6. The van der Waals surface area contributed by atoms with Crippen molar-refractivity contribution < 1.29 is 19.1 Å². The van der Waals surface area contributed by atoms with Crippen molar-refractivity contribution in [1.82, 2.24) is 0 Å². The van der Waals surface area contributed by atoms with Crippen molar-refractivity contribution in [2.24, 2.45) is 5.41 Å². The van der Waals surface area contributed by atoms with E-state index in [1.807, 2.05) is 0 Å². The van der Waals surface area contributed by atoms with Crippen molar-refractivity contribution in [3.63, 3.8) is 0 Å². The number of nitrogens with zero attached hydrogens (tertiary/aromatic N) is 1. The quantitative estimate of drug-likeness (QED) is 0.458. The third-order valence-electron chi connectivity index (χ3n) is 5.78. The summed E-state index contributed by atoms with van der Waals surface area (Å²) in [6, 6.07) is 2.34. The van der Waals surface area contributed by atoms with Gasteiger partial charge in [-0.1, -0.05) is 33.3 Å². The molecule has 1 fully saturated rings. The number of carbonyl (C=O) groups excluding carboxylic acids is 1. The number of aliphatic carboxylic acids is 1. The molecule has 0 radical (unpaired) electrons. The number of carboxylic acid groups (broad SMARTS) is 1. The molecule has 0 aliphatic heterocycles. The number of rotatable bonds is 5. The van der Waals surface area contributed by atoms with Gasteiger partial charge >= 0.3 is 5.97 Å². The highest BCUT2D eigenvalue weighted by Gasteiger charge is 2.57. The fourth-order valence-corrected chi connectivity index (χ4v) is 4.69. The molecule has 5 nitrogen and oxygen atoms in total. The number of carboxylic acids is 1. The Hall–Kier alpha value is -1.45. The van der Waals surface area contributed by atoms with Gasteiger partial charge in [0, 0.05) is 17.9 Å². The molecule has 0 heterocycles. The Bertz CT molecular complexity index is 585. The zero-order valence-corrected chi connectivity index (χ0v) is 16.6. The average molecular weight is 352 g/mol. The van der Waals surface area contributed by atoms with Crippen molar-refractivity contribution in [3.05, 3.63) is 11.6 Å². The van der Waals surface area contributed by atoms with Crippen molar-refractivity contribution in [2.45, 2.75) is 77.1 Å². The number of nitriles is 1. The molecule has 6 heteroatoms. The van der Waals surface area contributed by atoms with E-state index in [1.165, 1.54) is 0 Å². The fraction of sp³-hybridized carbons (Fsp3) is 0.722. The van der Waals surface area contributed by atoms with Crippen LogP contribution in [0, 0.1) is 16.7 Å². The van der Waals surface area contributed by atoms with Crippen LogP contribution < -0.4 is 0 Å². The van der Waals surface area contributed by atoms with Gasteiger partial charge in [-0.15, -0.1) is 0 Å². The van der Waals surface area contributed by atoms with Gasteiger partial charge in [0.25, 0.3) is 0 Å². The van der Waals surface area contributed by atoms with Gasteiger partial charge in [0.1, 0.15) is 6.29 Å². The van der Waals surface area contributed by atoms with Crippen molar-refractivity contribution in [3.8, 4) is 6.07 Å². The Kier molecular flexibility index (Phi) is 5.84. The molecule has 0 aromatic rings. The molecular weight excluding hydrogens is 322 g/mol. The van der Waals surface area contributed by atoms with Crippen LogP contribution in [-0.2, 0) is 14.0 Å². The molecule has 0 unspecified atom stereocenters. The van der Waals surface area contributed by atoms with Crippen LogP contribution in [0.25, 0.3) is 0 Å². The maximum absolute atomic E-state index is 11.3. The van der Waals surface area contributed by atoms with Crippen LogP contribution in [0.3, 0.4) is 0 Å². The molecule has 0 bridgehead atoms. The molecule has 1 saturated carbocycles. The molecule has 0 spiro atoms. The summed E-state index contributed by atoms with van der Waals surface area (Å²) in [7, 11) is -2.29. The van der Waals surface area contributed by atoms with Gasteiger partial charge in [0.2, 0.25) is 0 Å². The van der Waals surface area contributed by atoms with Crippen LogP contribution in [0.15, 0.2) is 11.6 Å². The molecule has 1 rings (SSSR count). The standard InChI is InChI=1S/C18H29NO4Si/c1-16(2,3)24(5,6)23-18(13-19)9-7-8-14(12-15(21)22)17(18,4)10-11-20/h11-12H,7-10H2,1-6H3,(H,21,22)/b14-12-/t17-,18+/m0/s1. The molecule has 0 amide bonds. The molecule has 0 saturated heterocycles. The normalized spacial score (nSPS) is 30.0. The van der Waals surface area contributed by atoms with E-state index in [0.717, 1.165) is 12.4 Å². The lowest BCUT2D eigenvalue weighted by molar-refractivity contribution is -0.131. The highest BCUT2D eigenvalue weighted by atomic mass is 28.4. The zero-order valence-electron chi connectivity index (χ0n) is 15.6. The summed E-state index contributed by atoms with van der Waals surface area (Å²) < 4.78 is 6.55. The third kappa shape index (κ3) is 3.62. The summed E-state index contributed by atoms with van der Waals surface area (Å²) in [5.74, 6) is -1.05. The molecule has 1 aliphatic carbocycles. The SMILES string of the molecule is CC(C)(C)[Si](C)(C)O[C@@]1(C#N)CCC/C(=C/C(=O)O)[C@]1(C)CC=O. The highest BCUT2D eigenvalue weighted by Crippen LogP contribution is 2.54. The van der Waals surface area contributed by atoms with Crippen LogP contribution >= 0.6 is 0 Å². The van der Waals surface area contributed by atoms with Gasteiger partial charge in [0.15, 0.2) is 13.9 Å². The number of hydrogen-bond donors (Lipinski definition) is 1. The van der Waals surface area contributed by atoms with E-state index >= 15 is 0 Å². The Morgan fingerprint density at radius 1 is 1.46 bits per heavy atom. The molecule has 1 N–H and O–H groups in total. The van der Waals surface area contributed by atoms with E-state index in [0.29, 0.717) is 24.8 Å². The topological polar surface area (TPSA) is 87.4 Å². The smallest absolute Gasteiger partial charge is 0.328 e. The number of aldehydes is 1. The van der Waals surface area contributed by atoms with E-state index in [9.17, 15) is 20.0 Å². The largest absolute Gasteiger partial charge is 0.478 e. The Morgan fingerprint density at radius 3 is 2.46 bits per heavy atom. The van der Waals surface area contributed by atoms with Gasteiger partial charge in [-0.05, 0) is 37.4 Å². The first-order chi connectivity index (χ1) is 10.9. The van der Waals surface area contributed by atoms with E-state index in [1.54, 1.807) is 6.92 Å². The van der Waals surface area contributed by atoms with Crippen LogP contribution in [0.5, 0.6) is 0 Å². The van der Waals surface area contributed by atoms with Crippen molar-refractivity contribution in [2.75, 3.05) is 0 Å². The fourth-order valence-electron chi connectivity index (χ4n) is 3.14. The second kappa shape index (κ2) is 6.81. The summed E-state index contributed by atoms with van der Waals surface area (Å²) in [6.07, 6.45) is 3.76. The minimum Gasteiger partial charge on any atom is -0.478 e. The van der Waals surface area contributed by atoms with Crippen molar-refractivity contribution >= 4 is 20.6 Å². The minimum atomic E-state index is -2.29. The summed E-state index contributed by atoms with van der Waals surface area (Å²) in [5, 5.41) is 19.1. The zero-order chi connectivity index (χ0) is 18.8.